The van der Waals surface area contributed by atoms with Crippen molar-refractivity contribution in [3.05, 3.63) is 59.4 Å². The van der Waals surface area contributed by atoms with Crippen molar-refractivity contribution in [1.29, 1.82) is 4.78 Å². The molecule has 1 fully saturated rings. The lowest BCUT2D eigenvalue weighted by Gasteiger charge is -2.29. The molecule has 0 spiro atoms. The lowest BCUT2D eigenvalue weighted by molar-refractivity contribution is 0.189. The first-order chi connectivity index (χ1) is 14.6. The number of rotatable bonds is 6. The molecule has 6 nitrogen and oxygen atoms in total. The fourth-order valence-corrected chi connectivity index (χ4v) is 4.78. The second kappa shape index (κ2) is 9.27. The minimum Gasteiger partial charge on any atom is -0.338 e. The molecule has 31 heavy (non-hydrogen) atoms. The fraction of sp³-hybridized carbons (Fsp3) is 0.381. The highest BCUT2D eigenvalue weighted by Crippen LogP contribution is 2.29. The van der Waals surface area contributed by atoms with E-state index in [2.05, 4.69) is 10.0 Å². The molecule has 1 heterocycles. The summed E-state index contributed by atoms with van der Waals surface area (Å²) in [5.41, 5.74) is 0.367. The standard InChI is InChI=1S/C21H25F3N4O2S/c1-3-26-21(29)28-8-7-18(27-31(2,25)30)19(28)11-13-5-4-6-17(20(13)24)14-9-15(22)12-16(23)10-14/h4-6,9-10,12,18-19H,3,7-8,11H2,1-2H3,(H,26,29)(H2,25,27,30)/t18-,19-,31?/m0/s1. The second-order valence-electron chi connectivity index (χ2n) is 7.59. The number of hydrogen-bond donors (Lipinski definition) is 3. The molecule has 2 aromatic rings. The zero-order valence-electron chi connectivity index (χ0n) is 17.3. The van der Waals surface area contributed by atoms with Crippen LogP contribution in [0.5, 0.6) is 0 Å². The zero-order chi connectivity index (χ0) is 22.8. The van der Waals surface area contributed by atoms with Crippen molar-refractivity contribution < 1.29 is 22.2 Å². The van der Waals surface area contributed by atoms with Gasteiger partial charge >= 0.3 is 6.03 Å². The summed E-state index contributed by atoms with van der Waals surface area (Å²) in [5, 5.41) is 2.71. The van der Waals surface area contributed by atoms with Crippen LogP contribution in [0.3, 0.4) is 0 Å². The highest BCUT2D eigenvalue weighted by Gasteiger charge is 2.38. The van der Waals surface area contributed by atoms with Crippen LogP contribution in [0.15, 0.2) is 36.4 Å². The summed E-state index contributed by atoms with van der Waals surface area (Å²) in [6, 6.07) is 6.04. The number of benzene rings is 2. The summed E-state index contributed by atoms with van der Waals surface area (Å²) < 4.78 is 65.0. The number of carbonyl (C=O) groups excluding carboxylic acids is 1. The van der Waals surface area contributed by atoms with E-state index in [4.69, 9.17) is 4.78 Å². The first-order valence-electron chi connectivity index (χ1n) is 9.88. The number of likely N-dealkylation sites (tertiary alicyclic amines) is 1. The number of amides is 2. The van der Waals surface area contributed by atoms with Gasteiger partial charge in [-0.05, 0) is 43.0 Å². The SMILES string of the molecule is CCNC(=O)N1CC[C@H](NS(C)(=N)=O)[C@@H]1Cc1cccc(-c2cc(F)cc(F)c2)c1F. The first-order valence-corrected chi connectivity index (χ1v) is 11.8. The van der Waals surface area contributed by atoms with E-state index in [1.165, 1.54) is 12.3 Å². The van der Waals surface area contributed by atoms with Crippen molar-refractivity contribution in [2.24, 2.45) is 0 Å². The molecule has 3 rings (SSSR count). The average Bonchev–Trinajstić information content (AvgIpc) is 3.03. The van der Waals surface area contributed by atoms with Gasteiger partial charge in [0.05, 0.1) is 6.04 Å². The molecule has 0 aromatic heterocycles. The van der Waals surface area contributed by atoms with Gasteiger partial charge in [-0.15, -0.1) is 0 Å². The lowest BCUT2D eigenvalue weighted by Crippen LogP contribution is -2.50. The highest BCUT2D eigenvalue weighted by molar-refractivity contribution is 7.89. The number of hydrogen-bond acceptors (Lipinski definition) is 3. The third-order valence-electron chi connectivity index (χ3n) is 5.19. The maximum Gasteiger partial charge on any atom is 0.317 e. The van der Waals surface area contributed by atoms with Crippen LogP contribution in [0.25, 0.3) is 11.1 Å². The van der Waals surface area contributed by atoms with E-state index >= 15 is 4.39 Å². The quantitative estimate of drug-likeness (QED) is 0.622. The van der Waals surface area contributed by atoms with Gasteiger partial charge in [0.2, 0.25) is 0 Å². The lowest BCUT2D eigenvalue weighted by atomic mass is 9.96. The molecule has 1 aliphatic rings. The summed E-state index contributed by atoms with van der Waals surface area (Å²) in [4.78, 5) is 14.0. The molecule has 1 unspecified atom stereocenters. The molecule has 0 radical (unpaired) electrons. The smallest absolute Gasteiger partial charge is 0.317 e. The number of halogens is 3. The van der Waals surface area contributed by atoms with Crippen LogP contribution < -0.4 is 10.0 Å². The Morgan fingerprint density at radius 1 is 1.23 bits per heavy atom. The van der Waals surface area contributed by atoms with Gasteiger partial charge in [0.15, 0.2) is 0 Å². The normalized spacial score (nSPS) is 20.5. The minimum atomic E-state index is -3.05. The van der Waals surface area contributed by atoms with E-state index in [0.717, 1.165) is 12.1 Å². The Hall–Kier alpha value is -2.59. The van der Waals surface area contributed by atoms with Crippen LogP contribution in [0.4, 0.5) is 18.0 Å². The molecule has 0 aliphatic carbocycles. The molecule has 0 bridgehead atoms. The molecule has 168 valence electrons. The molecular weight excluding hydrogens is 429 g/mol. The van der Waals surface area contributed by atoms with E-state index in [1.54, 1.807) is 24.0 Å². The second-order valence-corrected chi connectivity index (χ2v) is 9.52. The molecule has 3 atom stereocenters. The van der Waals surface area contributed by atoms with Crippen LogP contribution in [-0.4, -0.2) is 46.6 Å². The predicted octanol–water partition coefficient (Wildman–Crippen LogP) is 3.67. The van der Waals surface area contributed by atoms with Gasteiger partial charge in [-0.3, -0.25) is 0 Å². The van der Waals surface area contributed by atoms with Crippen LogP contribution >= 0.6 is 0 Å². The van der Waals surface area contributed by atoms with Crippen LogP contribution in [-0.2, 0) is 16.3 Å². The summed E-state index contributed by atoms with van der Waals surface area (Å²) in [6.07, 6.45) is 1.79. The molecule has 2 aromatic carbocycles. The maximum atomic E-state index is 15.3. The molecule has 1 saturated heterocycles. The Morgan fingerprint density at radius 2 is 1.90 bits per heavy atom. The van der Waals surface area contributed by atoms with E-state index in [9.17, 15) is 17.8 Å². The van der Waals surface area contributed by atoms with Crippen LogP contribution in [0.1, 0.15) is 18.9 Å². The minimum absolute atomic E-state index is 0.0442. The summed E-state index contributed by atoms with van der Waals surface area (Å²) in [6.45, 7) is 2.56. The monoisotopic (exact) mass is 454 g/mol. The Kier molecular flexibility index (Phi) is 6.90. The molecule has 0 saturated carbocycles. The van der Waals surface area contributed by atoms with Gasteiger partial charge in [-0.2, -0.15) is 0 Å². The van der Waals surface area contributed by atoms with Crippen molar-refractivity contribution in [3.63, 3.8) is 0 Å². The highest BCUT2D eigenvalue weighted by atomic mass is 32.2. The van der Waals surface area contributed by atoms with E-state index < -0.39 is 39.5 Å². The largest absolute Gasteiger partial charge is 0.338 e. The fourth-order valence-electron chi connectivity index (χ4n) is 3.93. The third-order valence-corrected chi connectivity index (χ3v) is 5.94. The summed E-state index contributed by atoms with van der Waals surface area (Å²) >= 11 is 0. The van der Waals surface area contributed by atoms with Gasteiger partial charge in [0.1, 0.15) is 27.4 Å². The Bertz CT molecular complexity index is 1060. The van der Waals surface area contributed by atoms with Crippen molar-refractivity contribution in [2.75, 3.05) is 19.3 Å². The van der Waals surface area contributed by atoms with Crippen LogP contribution in [0, 0.1) is 22.2 Å². The topological polar surface area (TPSA) is 85.3 Å². The molecule has 2 amide bonds. The number of nitrogens with one attached hydrogen (secondary N) is 3. The van der Waals surface area contributed by atoms with E-state index in [1.807, 2.05) is 0 Å². The van der Waals surface area contributed by atoms with Crippen molar-refractivity contribution in [2.45, 2.75) is 31.8 Å². The molecular formula is C21H25F3N4O2S. The van der Waals surface area contributed by atoms with Gasteiger partial charge in [0, 0.05) is 37.0 Å². The molecule has 10 heteroatoms. The number of nitrogens with zero attached hydrogens (tertiary/aromatic N) is 1. The summed E-state index contributed by atoms with van der Waals surface area (Å²) in [7, 11) is -3.05. The van der Waals surface area contributed by atoms with Crippen molar-refractivity contribution in [1.82, 2.24) is 14.9 Å². The van der Waals surface area contributed by atoms with Gasteiger partial charge in [-0.1, -0.05) is 18.2 Å². The van der Waals surface area contributed by atoms with Gasteiger partial charge in [0.25, 0.3) is 0 Å². The molecule has 1 aliphatic heterocycles. The van der Waals surface area contributed by atoms with Crippen LogP contribution in [0.2, 0.25) is 0 Å². The molecule has 3 N–H and O–H groups in total. The Morgan fingerprint density at radius 3 is 2.52 bits per heavy atom. The third kappa shape index (κ3) is 5.56. The summed E-state index contributed by atoms with van der Waals surface area (Å²) in [5.74, 6) is -2.26. The zero-order valence-corrected chi connectivity index (χ0v) is 18.1. The van der Waals surface area contributed by atoms with Gasteiger partial charge < -0.3 is 10.2 Å². The van der Waals surface area contributed by atoms with Crippen molar-refractivity contribution in [3.8, 4) is 11.1 Å². The number of carbonyl (C=O) groups is 1. The number of urea groups is 1. The maximum absolute atomic E-state index is 15.3. The Labute approximate surface area is 179 Å². The first kappa shape index (κ1) is 23.1. The van der Waals surface area contributed by atoms with E-state index in [-0.39, 0.29) is 29.1 Å². The predicted molar refractivity (Wildman–Crippen MR) is 113 cm³/mol. The average molecular weight is 455 g/mol. The van der Waals surface area contributed by atoms with Gasteiger partial charge in [-0.25, -0.2) is 31.7 Å². The van der Waals surface area contributed by atoms with Crippen molar-refractivity contribution >= 4 is 15.9 Å². The Balaban J connectivity index is 1.96. The van der Waals surface area contributed by atoms with E-state index in [0.29, 0.717) is 25.6 Å².